The molecular formula is C15H33BClNO4. The highest BCUT2D eigenvalue weighted by Crippen LogP contribution is 2.00. The van der Waals surface area contributed by atoms with Gasteiger partial charge in [0.1, 0.15) is 6.29 Å². The van der Waals surface area contributed by atoms with Crippen molar-refractivity contribution in [3.05, 3.63) is 24.8 Å². The molecule has 0 amide bonds. The van der Waals surface area contributed by atoms with E-state index < -0.39 is 7.12 Å². The van der Waals surface area contributed by atoms with Crippen molar-refractivity contribution >= 4 is 25.0 Å². The predicted molar refractivity (Wildman–Crippen MR) is 97.3 cm³/mol. The number of aliphatic hydroxyl groups excluding tert-OH is 1. The Labute approximate surface area is 141 Å². The van der Waals surface area contributed by atoms with Gasteiger partial charge in [-0.15, -0.1) is 18.2 Å². The van der Waals surface area contributed by atoms with Crippen molar-refractivity contribution in [1.29, 1.82) is 0 Å². The van der Waals surface area contributed by atoms with E-state index in [1.54, 1.807) is 0 Å². The summed E-state index contributed by atoms with van der Waals surface area (Å²) in [6, 6.07) is 0. The van der Waals surface area contributed by atoms with Crippen molar-refractivity contribution in [2.24, 2.45) is 0 Å². The van der Waals surface area contributed by atoms with Gasteiger partial charge in [0.2, 0.25) is 0 Å². The minimum Gasteiger partial charge on any atom is -0.427 e. The predicted octanol–water partition coefficient (Wildman–Crippen LogP) is 2.02. The molecule has 0 fully saturated rings. The molecule has 5 nitrogen and oxygen atoms in total. The average Bonchev–Trinajstić information content (AvgIpc) is 2.56. The Morgan fingerprint density at radius 2 is 1.64 bits per heavy atom. The van der Waals surface area contributed by atoms with Gasteiger partial charge in [0.25, 0.3) is 0 Å². The molecule has 0 aliphatic carbocycles. The van der Waals surface area contributed by atoms with E-state index >= 15 is 0 Å². The maximum atomic E-state index is 8.92. The summed E-state index contributed by atoms with van der Waals surface area (Å²) in [6.45, 7) is 9.06. The van der Waals surface area contributed by atoms with Gasteiger partial charge in [-0.1, -0.05) is 31.1 Å². The van der Waals surface area contributed by atoms with Gasteiger partial charge in [-0.25, -0.2) is 0 Å². The fourth-order valence-corrected chi connectivity index (χ4v) is 0.958. The van der Waals surface area contributed by atoms with Gasteiger partial charge in [-0.2, -0.15) is 0 Å². The summed E-state index contributed by atoms with van der Waals surface area (Å²) in [5.74, 6) is 0. The van der Waals surface area contributed by atoms with Crippen LogP contribution < -0.4 is 5.32 Å². The third-order valence-corrected chi connectivity index (χ3v) is 2.01. The van der Waals surface area contributed by atoms with Crippen LogP contribution in [0.5, 0.6) is 0 Å². The van der Waals surface area contributed by atoms with Crippen LogP contribution in [-0.4, -0.2) is 54.6 Å². The first-order valence-corrected chi connectivity index (χ1v) is 8.03. The number of alkyl halides is 1. The number of carbonyl (C=O) groups excluding carboxylic acids is 1. The Hall–Kier alpha value is -0.655. The maximum absolute atomic E-state index is 8.92. The van der Waals surface area contributed by atoms with Gasteiger partial charge in [0, 0.05) is 12.9 Å². The summed E-state index contributed by atoms with van der Waals surface area (Å²) in [4.78, 5) is 8.92. The smallest absolute Gasteiger partial charge is 0.427 e. The second-order valence-electron chi connectivity index (χ2n) is 3.84. The molecule has 0 unspecified atom stereocenters. The Bertz CT molecular complexity index is 214. The number of hydrogen-bond acceptors (Lipinski definition) is 5. The third-order valence-electron chi connectivity index (χ3n) is 2.01. The lowest BCUT2D eigenvalue weighted by Crippen LogP contribution is -2.15. The summed E-state index contributed by atoms with van der Waals surface area (Å²) in [5, 5.41) is 27.7. The van der Waals surface area contributed by atoms with Gasteiger partial charge >= 0.3 is 7.12 Å². The Morgan fingerprint density at radius 1 is 1.14 bits per heavy atom. The lowest BCUT2D eigenvalue weighted by molar-refractivity contribution is -0.110. The molecule has 0 aromatic heterocycles. The van der Waals surface area contributed by atoms with Crippen LogP contribution in [0.2, 0.25) is 6.32 Å². The van der Waals surface area contributed by atoms with E-state index in [-0.39, 0.29) is 6.61 Å². The Kier molecular flexibility index (Phi) is 49.4. The van der Waals surface area contributed by atoms with Crippen molar-refractivity contribution in [1.82, 2.24) is 5.32 Å². The SMILES string of the molecule is C/C=C\C.C=CCNCCCCCB(O)O.CCl.O=CCO. The summed E-state index contributed by atoms with van der Waals surface area (Å²) < 4.78 is 0. The first-order chi connectivity index (χ1) is 10.6. The number of nitrogens with one attached hydrogen (secondary N) is 1. The topological polar surface area (TPSA) is 89.8 Å². The molecule has 0 radical (unpaired) electrons. The minimum atomic E-state index is -1.13. The van der Waals surface area contributed by atoms with Crippen molar-refractivity contribution in [3.8, 4) is 0 Å². The van der Waals surface area contributed by atoms with E-state index in [4.69, 9.17) is 19.9 Å². The van der Waals surface area contributed by atoms with E-state index in [2.05, 4.69) is 23.5 Å². The summed E-state index contributed by atoms with van der Waals surface area (Å²) in [6.07, 6.45) is 11.2. The van der Waals surface area contributed by atoms with Crippen molar-refractivity contribution in [2.75, 3.05) is 26.1 Å². The van der Waals surface area contributed by atoms with Crippen LogP contribution >= 0.6 is 11.6 Å². The molecule has 0 saturated carbocycles. The zero-order valence-corrected chi connectivity index (χ0v) is 14.9. The quantitative estimate of drug-likeness (QED) is 0.170. The Morgan fingerprint density at radius 3 is 1.95 bits per heavy atom. The normalized spacial score (nSPS) is 8.50. The van der Waals surface area contributed by atoms with Crippen LogP contribution in [0.4, 0.5) is 0 Å². The molecular weight excluding hydrogens is 304 g/mol. The van der Waals surface area contributed by atoms with Gasteiger partial charge in [0.15, 0.2) is 0 Å². The lowest BCUT2D eigenvalue weighted by Gasteiger charge is -2.01. The largest absolute Gasteiger partial charge is 0.451 e. The number of aliphatic hydroxyl groups is 1. The van der Waals surface area contributed by atoms with Gasteiger partial charge in [-0.3, -0.25) is 0 Å². The van der Waals surface area contributed by atoms with E-state index in [9.17, 15) is 0 Å². The molecule has 132 valence electrons. The van der Waals surface area contributed by atoms with Gasteiger partial charge < -0.3 is 25.3 Å². The molecule has 0 saturated heterocycles. The van der Waals surface area contributed by atoms with Crippen LogP contribution in [0.15, 0.2) is 24.8 Å². The summed E-state index contributed by atoms with van der Waals surface area (Å²) in [7, 11) is -1.13. The molecule has 0 rings (SSSR count). The summed E-state index contributed by atoms with van der Waals surface area (Å²) >= 11 is 4.64. The molecule has 22 heavy (non-hydrogen) atoms. The van der Waals surface area contributed by atoms with Crippen molar-refractivity contribution < 1.29 is 19.9 Å². The molecule has 0 heterocycles. The first kappa shape index (κ1) is 29.4. The van der Waals surface area contributed by atoms with E-state index in [1.807, 2.05) is 32.1 Å². The highest BCUT2D eigenvalue weighted by Gasteiger charge is 2.03. The van der Waals surface area contributed by atoms with Gasteiger partial charge in [-0.05, 0) is 33.1 Å². The number of unbranched alkanes of at least 4 members (excludes halogenated alkanes) is 2. The molecule has 0 aromatic rings. The van der Waals surface area contributed by atoms with Crippen LogP contribution in [0.3, 0.4) is 0 Å². The number of allylic oxidation sites excluding steroid dienone is 2. The highest BCUT2D eigenvalue weighted by molar-refractivity contribution is 6.40. The number of hydrogen-bond donors (Lipinski definition) is 4. The number of aldehydes is 1. The van der Waals surface area contributed by atoms with Crippen LogP contribution in [-0.2, 0) is 4.79 Å². The molecule has 0 spiro atoms. The number of rotatable bonds is 9. The fourth-order valence-electron chi connectivity index (χ4n) is 0.958. The maximum Gasteiger partial charge on any atom is 0.451 e. The van der Waals surface area contributed by atoms with Crippen molar-refractivity contribution in [3.63, 3.8) is 0 Å². The number of halogens is 1. The molecule has 0 aliphatic heterocycles. The zero-order valence-electron chi connectivity index (χ0n) is 14.2. The molecule has 0 atom stereocenters. The molecule has 4 N–H and O–H groups in total. The number of carbonyl (C=O) groups is 1. The third kappa shape index (κ3) is 60.8. The molecule has 0 bridgehead atoms. The summed E-state index contributed by atoms with van der Waals surface area (Å²) in [5.41, 5.74) is 0. The molecule has 0 aromatic carbocycles. The van der Waals surface area contributed by atoms with Crippen LogP contribution in [0.1, 0.15) is 33.1 Å². The second-order valence-corrected chi connectivity index (χ2v) is 3.84. The minimum absolute atomic E-state index is 0.361. The van der Waals surface area contributed by atoms with Crippen LogP contribution in [0, 0.1) is 0 Å². The van der Waals surface area contributed by atoms with E-state index in [0.717, 1.165) is 32.4 Å². The first-order valence-electron chi connectivity index (χ1n) is 7.27. The van der Waals surface area contributed by atoms with Gasteiger partial charge in [0.05, 0.1) is 6.61 Å². The molecule has 0 aliphatic rings. The Balaban J connectivity index is -0.000000133. The second kappa shape index (κ2) is 37.0. The van der Waals surface area contributed by atoms with E-state index in [0.29, 0.717) is 12.6 Å². The fraction of sp³-hybridized carbons (Fsp3) is 0.667. The lowest BCUT2D eigenvalue weighted by atomic mass is 9.83. The zero-order chi connectivity index (χ0) is 18.1. The van der Waals surface area contributed by atoms with Crippen LogP contribution in [0.25, 0.3) is 0 Å². The molecule has 7 heteroatoms. The van der Waals surface area contributed by atoms with E-state index in [1.165, 1.54) is 6.38 Å². The monoisotopic (exact) mass is 337 g/mol. The average molecular weight is 338 g/mol. The highest BCUT2D eigenvalue weighted by atomic mass is 35.5. The van der Waals surface area contributed by atoms with Crippen molar-refractivity contribution in [2.45, 2.75) is 39.4 Å². The standard InChI is InChI=1S/C8H18BNO2.C4H8.C2H4O2.CH3Cl/c1-2-7-10-8-5-3-4-6-9(11)12;1-3-4-2;3-1-2-4;1-2/h2,10-12H,1,3-8H2;3-4H,1-2H3;1,4H,2H2;1H3/b;4-3-;;.